The number of nitro groups is 1. The first kappa shape index (κ1) is 21.1. The van der Waals surface area contributed by atoms with Crippen molar-refractivity contribution in [1.29, 1.82) is 0 Å². The molecule has 0 spiro atoms. The number of nitro benzene ring substituents is 1. The van der Waals surface area contributed by atoms with Crippen LogP contribution in [0.1, 0.15) is 0 Å². The molecule has 4 aromatic rings. The molecule has 2 aromatic carbocycles. The molecule has 0 bridgehead atoms. The third-order valence-corrected chi connectivity index (χ3v) is 5.37. The van der Waals surface area contributed by atoms with Gasteiger partial charge >= 0.3 is 0 Å². The minimum atomic E-state index is -0.491. The highest BCUT2D eigenvalue weighted by molar-refractivity contribution is 7.99. The molecule has 0 aliphatic carbocycles. The van der Waals surface area contributed by atoms with Crippen LogP contribution in [-0.4, -0.2) is 43.2 Å². The molecule has 162 valence electrons. The molecule has 1 amide bonds. The number of ether oxygens (including phenoxy) is 1. The summed E-state index contributed by atoms with van der Waals surface area (Å²) in [6, 6.07) is 16.9. The summed E-state index contributed by atoms with van der Waals surface area (Å²) in [7, 11) is 1.60. The van der Waals surface area contributed by atoms with Crippen LogP contribution in [0, 0.1) is 10.1 Å². The van der Waals surface area contributed by atoms with Gasteiger partial charge in [0.05, 0.1) is 17.8 Å². The van der Waals surface area contributed by atoms with Crippen LogP contribution in [0.3, 0.4) is 0 Å². The van der Waals surface area contributed by atoms with Crippen molar-refractivity contribution < 1.29 is 14.5 Å². The number of amides is 1. The molecule has 0 saturated heterocycles. The Kier molecular flexibility index (Phi) is 6.17. The Morgan fingerprint density at radius 1 is 1.12 bits per heavy atom. The number of carbonyl (C=O) groups excluding carboxylic acids is 1. The number of rotatable bonds is 8. The molecule has 32 heavy (non-hydrogen) atoms. The Labute approximate surface area is 187 Å². The Balaban J connectivity index is 1.53. The molecule has 0 fully saturated rings. The number of hydrogen-bond donors (Lipinski definition) is 1. The van der Waals surface area contributed by atoms with Gasteiger partial charge in [-0.25, -0.2) is 4.68 Å². The molecule has 10 nitrogen and oxygen atoms in total. The average molecular weight is 450 g/mol. The second-order valence-electron chi connectivity index (χ2n) is 6.55. The highest BCUT2D eigenvalue weighted by Gasteiger charge is 2.17. The van der Waals surface area contributed by atoms with Crippen LogP contribution < -0.4 is 10.1 Å². The van der Waals surface area contributed by atoms with Crippen molar-refractivity contribution in [2.75, 3.05) is 18.2 Å². The van der Waals surface area contributed by atoms with Gasteiger partial charge < -0.3 is 10.1 Å². The summed E-state index contributed by atoms with van der Waals surface area (Å²) in [6.45, 7) is 0. The van der Waals surface area contributed by atoms with E-state index in [4.69, 9.17) is 4.74 Å². The van der Waals surface area contributed by atoms with Crippen molar-refractivity contribution >= 4 is 29.0 Å². The molecule has 0 aliphatic rings. The number of aromatic nitrogens is 4. The minimum Gasteiger partial charge on any atom is -0.497 e. The maximum Gasteiger partial charge on any atom is 0.269 e. The van der Waals surface area contributed by atoms with Crippen molar-refractivity contribution in [3.63, 3.8) is 0 Å². The van der Waals surface area contributed by atoms with E-state index in [1.807, 2.05) is 53.5 Å². The number of nitrogens with one attached hydrogen (secondary N) is 1. The number of anilines is 1. The summed E-state index contributed by atoms with van der Waals surface area (Å²) in [5, 5.41) is 22.6. The fraction of sp³-hybridized carbons (Fsp3) is 0.0952. The van der Waals surface area contributed by atoms with E-state index in [0.29, 0.717) is 22.4 Å². The van der Waals surface area contributed by atoms with Crippen LogP contribution in [0.5, 0.6) is 5.75 Å². The van der Waals surface area contributed by atoms with E-state index in [1.54, 1.807) is 11.8 Å². The van der Waals surface area contributed by atoms with Crippen LogP contribution in [0.4, 0.5) is 11.4 Å². The van der Waals surface area contributed by atoms with Gasteiger partial charge in [0.1, 0.15) is 5.75 Å². The quantitative estimate of drug-likeness (QED) is 0.247. The smallest absolute Gasteiger partial charge is 0.269 e. The number of hydrogen-bond acceptors (Lipinski definition) is 7. The highest BCUT2D eigenvalue weighted by atomic mass is 32.2. The van der Waals surface area contributed by atoms with E-state index in [0.717, 1.165) is 5.56 Å². The largest absolute Gasteiger partial charge is 0.497 e. The molecule has 2 aromatic heterocycles. The average Bonchev–Trinajstić information content (AvgIpc) is 3.47. The van der Waals surface area contributed by atoms with Crippen molar-refractivity contribution in [2.45, 2.75) is 5.16 Å². The first-order chi connectivity index (χ1) is 15.5. The standard InChI is InChI=1S/C21H18N6O4S/c1-31-18-6-4-5-15(13-18)20-23-24-21(26(20)25-11-2-3-12-25)32-14-19(28)22-16-7-9-17(10-8-16)27(29)30/h2-13H,14H2,1H3,(H,22,28). The molecule has 0 radical (unpaired) electrons. The third kappa shape index (κ3) is 4.62. The zero-order valence-corrected chi connectivity index (χ0v) is 17.7. The van der Waals surface area contributed by atoms with Crippen LogP contribution in [-0.2, 0) is 4.79 Å². The van der Waals surface area contributed by atoms with Gasteiger partial charge in [-0.1, -0.05) is 23.9 Å². The lowest BCUT2D eigenvalue weighted by Gasteiger charge is -2.12. The maximum absolute atomic E-state index is 12.4. The van der Waals surface area contributed by atoms with Gasteiger partial charge in [-0.15, -0.1) is 10.2 Å². The molecule has 0 saturated carbocycles. The summed E-state index contributed by atoms with van der Waals surface area (Å²) in [6.07, 6.45) is 3.71. The summed E-state index contributed by atoms with van der Waals surface area (Å²) in [5.74, 6) is 1.10. The van der Waals surface area contributed by atoms with Gasteiger partial charge in [0, 0.05) is 35.8 Å². The van der Waals surface area contributed by atoms with Crippen molar-refractivity contribution in [3.8, 4) is 17.1 Å². The predicted molar refractivity (Wildman–Crippen MR) is 120 cm³/mol. The Morgan fingerprint density at radius 2 is 1.88 bits per heavy atom. The van der Waals surface area contributed by atoms with Gasteiger partial charge in [0.15, 0.2) is 5.82 Å². The zero-order chi connectivity index (χ0) is 22.5. The van der Waals surface area contributed by atoms with Crippen LogP contribution >= 0.6 is 11.8 Å². The van der Waals surface area contributed by atoms with Gasteiger partial charge in [-0.3, -0.25) is 19.6 Å². The zero-order valence-electron chi connectivity index (χ0n) is 16.9. The predicted octanol–water partition coefficient (Wildman–Crippen LogP) is 3.71. The van der Waals surface area contributed by atoms with Crippen molar-refractivity contribution in [3.05, 3.63) is 83.2 Å². The number of non-ortho nitro benzene ring substituents is 1. The molecular formula is C21H18N6O4S. The lowest BCUT2D eigenvalue weighted by atomic mass is 10.2. The Hall–Kier alpha value is -4.12. The first-order valence-electron chi connectivity index (χ1n) is 9.46. The Bertz CT molecular complexity index is 1240. The monoisotopic (exact) mass is 450 g/mol. The topological polar surface area (TPSA) is 117 Å². The first-order valence-corrected chi connectivity index (χ1v) is 10.4. The van der Waals surface area contributed by atoms with Gasteiger partial charge in [0.25, 0.3) is 5.69 Å². The Morgan fingerprint density at radius 3 is 2.56 bits per heavy atom. The summed E-state index contributed by atoms with van der Waals surface area (Å²) in [5.41, 5.74) is 1.25. The SMILES string of the molecule is COc1cccc(-c2nnc(SCC(=O)Nc3ccc([N+](=O)[O-])cc3)n2-n2cccc2)c1. The van der Waals surface area contributed by atoms with Gasteiger partial charge in [-0.05, 0) is 36.4 Å². The number of thioether (sulfide) groups is 1. The molecule has 2 heterocycles. The third-order valence-electron chi connectivity index (χ3n) is 4.45. The second kappa shape index (κ2) is 9.35. The second-order valence-corrected chi connectivity index (χ2v) is 7.50. The summed E-state index contributed by atoms with van der Waals surface area (Å²) < 4.78 is 8.94. The molecule has 0 aliphatic heterocycles. The van der Waals surface area contributed by atoms with E-state index < -0.39 is 4.92 Å². The summed E-state index contributed by atoms with van der Waals surface area (Å²) >= 11 is 1.22. The van der Waals surface area contributed by atoms with Gasteiger partial charge in [0.2, 0.25) is 11.1 Å². The molecular weight excluding hydrogens is 432 g/mol. The molecule has 0 atom stereocenters. The molecule has 1 N–H and O–H groups in total. The van der Waals surface area contributed by atoms with E-state index >= 15 is 0 Å². The molecule has 0 unspecified atom stereocenters. The van der Waals surface area contributed by atoms with E-state index in [2.05, 4.69) is 15.5 Å². The van der Waals surface area contributed by atoms with E-state index in [1.165, 1.54) is 36.0 Å². The minimum absolute atomic E-state index is 0.0396. The molecule has 4 rings (SSSR count). The van der Waals surface area contributed by atoms with E-state index in [-0.39, 0.29) is 17.3 Å². The normalized spacial score (nSPS) is 10.7. The summed E-state index contributed by atoms with van der Waals surface area (Å²) in [4.78, 5) is 22.7. The molecule has 11 heteroatoms. The fourth-order valence-corrected chi connectivity index (χ4v) is 3.69. The van der Waals surface area contributed by atoms with Crippen LogP contribution in [0.2, 0.25) is 0 Å². The van der Waals surface area contributed by atoms with Crippen LogP contribution in [0.25, 0.3) is 11.4 Å². The number of methoxy groups -OCH3 is 1. The fourth-order valence-electron chi connectivity index (χ4n) is 2.96. The van der Waals surface area contributed by atoms with E-state index in [9.17, 15) is 14.9 Å². The van der Waals surface area contributed by atoms with Crippen molar-refractivity contribution in [1.82, 2.24) is 19.5 Å². The highest BCUT2D eigenvalue weighted by Crippen LogP contribution is 2.27. The lowest BCUT2D eigenvalue weighted by Crippen LogP contribution is -2.15. The van der Waals surface area contributed by atoms with Gasteiger partial charge in [-0.2, -0.15) is 0 Å². The lowest BCUT2D eigenvalue weighted by molar-refractivity contribution is -0.384. The number of nitrogens with zero attached hydrogens (tertiary/aromatic N) is 5. The van der Waals surface area contributed by atoms with Crippen molar-refractivity contribution in [2.24, 2.45) is 0 Å². The van der Waals surface area contributed by atoms with Crippen LogP contribution in [0.15, 0.2) is 78.2 Å². The number of carbonyl (C=O) groups is 1. The number of benzene rings is 2. The maximum atomic E-state index is 12.4.